The zero-order chi connectivity index (χ0) is 16.2. The Hall–Kier alpha value is -0.200. The van der Waals surface area contributed by atoms with Gasteiger partial charge in [-0.25, -0.2) is 9.78 Å². The highest BCUT2D eigenvalue weighted by molar-refractivity contribution is 5.09. The van der Waals surface area contributed by atoms with Gasteiger partial charge in [0.2, 0.25) is 5.79 Å². The molecule has 1 spiro atoms. The van der Waals surface area contributed by atoms with Gasteiger partial charge >= 0.3 is 0 Å². The second-order valence-electron chi connectivity index (χ2n) is 8.31. The molecule has 5 fully saturated rings. The molecular weight excluding hydrogens is 296 g/mol. The topological polar surface area (TPSA) is 57.2 Å². The molecule has 0 unspecified atom stereocenters. The van der Waals surface area contributed by atoms with Crippen LogP contribution in [0.2, 0.25) is 0 Å². The summed E-state index contributed by atoms with van der Waals surface area (Å²) in [7, 11) is 0. The maximum absolute atomic E-state index is 9.19. The summed E-state index contributed by atoms with van der Waals surface area (Å²) in [5.74, 6) is 1.12. The minimum atomic E-state index is -0.695. The van der Waals surface area contributed by atoms with Gasteiger partial charge in [-0.05, 0) is 56.8 Å². The van der Waals surface area contributed by atoms with Gasteiger partial charge in [-0.2, -0.15) is 0 Å². The smallest absolute Gasteiger partial charge is 0.201 e. The van der Waals surface area contributed by atoms with Crippen LogP contribution in [0.25, 0.3) is 0 Å². The molecule has 1 aliphatic carbocycles. The number of ether oxygens (including phenoxy) is 2. The molecule has 5 rings (SSSR count). The van der Waals surface area contributed by atoms with Crippen LogP contribution in [-0.4, -0.2) is 35.5 Å². The second-order valence-corrected chi connectivity index (χ2v) is 8.31. The third kappa shape index (κ3) is 2.31. The molecule has 132 valence electrons. The van der Waals surface area contributed by atoms with E-state index >= 15 is 0 Å². The third-order valence-electron chi connectivity index (χ3n) is 6.94. The Balaban J connectivity index is 1.70. The molecule has 5 heteroatoms. The van der Waals surface area contributed by atoms with Gasteiger partial charge in [0.05, 0.1) is 6.10 Å². The normalized spacial score (nSPS) is 55.3. The van der Waals surface area contributed by atoms with Crippen LogP contribution in [0, 0.1) is 23.7 Å². The van der Waals surface area contributed by atoms with Crippen LogP contribution in [0.5, 0.6) is 0 Å². The highest BCUT2D eigenvalue weighted by atomic mass is 17.3. The van der Waals surface area contributed by atoms with E-state index < -0.39 is 11.4 Å². The van der Waals surface area contributed by atoms with Crippen molar-refractivity contribution in [1.29, 1.82) is 0 Å². The number of aliphatic hydroxyl groups is 1. The Morgan fingerprint density at radius 2 is 1.91 bits per heavy atom. The second kappa shape index (κ2) is 5.67. The van der Waals surface area contributed by atoms with Crippen LogP contribution < -0.4 is 0 Å². The molecule has 0 radical (unpaired) electrons. The van der Waals surface area contributed by atoms with Gasteiger partial charge in [-0.1, -0.05) is 13.8 Å². The van der Waals surface area contributed by atoms with E-state index in [2.05, 4.69) is 13.8 Å². The monoisotopic (exact) mass is 326 g/mol. The van der Waals surface area contributed by atoms with Crippen LogP contribution in [0.3, 0.4) is 0 Å². The van der Waals surface area contributed by atoms with E-state index in [9.17, 15) is 5.11 Å². The molecule has 0 aromatic heterocycles. The van der Waals surface area contributed by atoms with Gasteiger partial charge < -0.3 is 14.6 Å². The van der Waals surface area contributed by atoms with E-state index in [1.807, 2.05) is 6.92 Å². The summed E-state index contributed by atoms with van der Waals surface area (Å²) in [6, 6.07) is 0. The van der Waals surface area contributed by atoms with E-state index in [-0.39, 0.29) is 19.0 Å². The summed E-state index contributed by atoms with van der Waals surface area (Å²) in [5.41, 5.74) is -0.456. The molecule has 1 N–H and O–H groups in total. The Kier molecular flexibility index (Phi) is 4.01. The molecule has 23 heavy (non-hydrogen) atoms. The molecule has 0 aromatic rings. The average Bonchev–Trinajstić information content (AvgIpc) is 2.76. The van der Waals surface area contributed by atoms with Crippen LogP contribution in [-0.2, 0) is 19.2 Å². The zero-order valence-electron chi connectivity index (χ0n) is 14.5. The van der Waals surface area contributed by atoms with Crippen molar-refractivity contribution < 1.29 is 24.4 Å². The first-order valence-electron chi connectivity index (χ1n) is 9.31. The molecule has 5 nitrogen and oxygen atoms in total. The largest absolute Gasteiger partial charge is 0.396 e. The van der Waals surface area contributed by atoms with Crippen molar-refractivity contribution in [2.45, 2.75) is 83.1 Å². The Morgan fingerprint density at radius 3 is 2.70 bits per heavy atom. The lowest BCUT2D eigenvalue weighted by molar-refractivity contribution is -0.571. The predicted octanol–water partition coefficient (Wildman–Crippen LogP) is 3.01. The number of aliphatic hydroxyl groups excluding tert-OH is 1. The van der Waals surface area contributed by atoms with Gasteiger partial charge in [0, 0.05) is 18.9 Å². The summed E-state index contributed by atoms with van der Waals surface area (Å²) < 4.78 is 12.7. The summed E-state index contributed by atoms with van der Waals surface area (Å²) in [6.45, 7) is 6.78. The molecule has 5 aliphatic rings. The zero-order valence-corrected chi connectivity index (χ0v) is 14.5. The molecule has 8 atom stereocenters. The van der Waals surface area contributed by atoms with Crippen molar-refractivity contribution >= 4 is 0 Å². The fourth-order valence-corrected chi connectivity index (χ4v) is 5.60. The SMILES string of the molecule is C[C@@H]1[C@H]2CC[C@@H](C)[C@@H]3CC[C@@]4(C)OO[C@@]23[C@H](O[C@@H]1CCCO)O4. The third-order valence-corrected chi connectivity index (χ3v) is 6.94. The van der Waals surface area contributed by atoms with E-state index in [1.165, 1.54) is 6.42 Å². The molecule has 1 saturated carbocycles. The van der Waals surface area contributed by atoms with Crippen molar-refractivity contribution in [3.8, 4) is 0 Å². The Bertz CT molecular complexity index is 457. The molecular formula is C18H30O5. The number of fused-ring (bicyclic) bond motifs is 2. The summed E-state index contributed by atoms with van der Waals surface area (Å²) in [6.07, 6.45) is 5.73. The first-order chi connectivity index (χ1) is 11.0. The van der Waals surface area contributed by atoms with Gasteiger partial charge in [0.15, 0.2) is 11.9 Å². The number of hydrogen-bond donors (Lipinski definition) is 1. The van der Waals surface area contributed by atoms with Crippen LogP contribution in [0.15, 0.2) is 0 Å². The fraction of sp³-hybridized carbons (Fsp3) is 1.00. The van der Waals surface area contributed by atoms with E-state index in [0.29, 0.717) is 23.7 Å². The molecule has 4 saturated heterocycles. The average molecular weight is 326 g/mol. The standard InChI is InChI=1S/C18H30O5/c1-11-6-7-14-12(2)15(5-4-10-19)20-16-18(14)13(11)8-9-17(3,21-16)22-23-18/h11-16,19H,4-10H2,1-3H3/t11-,12-,13+,14-,15-,16-,17-,18-/m1/s1. The van der Waals surface area contributed by atoms with E-state index in [1.54, 1.807) is 0 Å². The van der Waals surface area contributed by atoms with E-state index in [4.69, 9.17) is 19.2 Å². The Morgan fingerprint density at radius 1 is 1.09 bits per heavy atom. The maximum Gasteiger partial charge on any atom is 0.201 e. The van der Waals surface area contributed by atoms with Crippen molar-refractivity contribution in [3.63, 3.8) is 0 Å². The summed E-state index contributed by atoms with van der Waals surface area (Å²) in [5, 5.41) is 9.19. The summed E-state index contributed by atoms with van der Waals surface area (Å²) >= 11 is 0. The lowest BCUT2D eigenvalue weighted by atomic mass is 9.57. The molecule has 0 amide bonds. The fourth-order valence-electron chi connectivity index (χ4n) is 5.60. The van der Waals surface area contributed by atoms with Crippen LogP contribution >= 0.6 is 0 Å². The van der Waals surface area contributed by atoms with Gasteiger partial charge in [0.1, 0.15) is 0 Å². The lowest BCUT2D eigenvalue weighted by Gasteiger charge is -2.60. The van der Waals surface area contributed by atoms with Crippen LogP contribution in [0.1, 0.15) is 59.3 Å². The van der Waals surface area contributed by atoms with Gasteiger partial charge in [0.25, 0.3) is 0 Å². The lowest BCUT2D eigenvalue weighted by Crippen LogP contribution is -2.70. The minimum Gasteiger partial charge on any atom is -0.396 e. The van der Waals surface area contributed by atoms with Gasteiger partial charge in [-0.3, -0.25) is 0 Å². The Labute approximate surface area is 138 Å². The summed E-state index contributed by atoms with van der Waals surface area (Å²) in [4.78, 5) is 11.9. The van der Waals surface area contributed by atoms with Crippen molar-refractivity contribution in [1.82, 2.24) is 0 Å². The van der Waals surface area contributed by atoms with Crippen molar-refractivity contribution in [2.75, 3.05) is 6.61 Å². The van der Waals surface area contributed by atoms with Crippen LogP contribution in [0.4, 0.5) is 0 Å². The quantitative estimate of drug-likeness (QED) is 0.808. The highest BCUT2D eigenvalue weighted by Gasteiger charge is 2.69. The molecule has 4 aliphatic heterocycles. The maximum atomic E-state index is 9.19. The van der Waals surface area contributed by atoms with Gasteiger partial charge in [-0.15, -0.1) is 0 Å². The first kappa shape index (κ1) is 16.3. The predicted molar refractivity (Wildman–Crippen MR) is 83.1 cm³/mol. The number of hydrogen-bond acceptors (Lipinski definition) is 5. The molecule has 0 aromatic carbocycles. The first-order valence-corrected chi connectivity index (χ1v) is 9.31. The molecule has 2 bridgehead atoms. The number of rotatable bonds is 3. The van der Waals surface area contributed by atoms with Crippen molar-refractivity contribution in [3.05, 3.63) is 0 Å². The minimum absolute atomic E-state index is 0.128. The molecule has 4 heterocycles. The highest BCUT2D eigenvalue weighted by Crippen LogP contribution is 2.60. The van der Waals surface area contributed by atoms with Crippen molar-refractivity contribution in [2.24, 2.45) is 23.7 Å². The van der Waals surface area contributed by atoms with E-state index in [0.717, 1.165) is 32.1 Å².